The molecule has 2 aliphatic rings. The normalized spacial score (nSPS) is 23.0. The van der Waals surface area contributed by atoms with Crippen molar-refractivity contribution in [3.8, 4) is 5.88 Å². The summed E-state index contributed by atoms with van der Waals surface area (Å²) in [6.07, 6.45) is 8.18. The van der Waals surface area contributed by atoms with E-state index in [-0.39, 0.29) is 17.9 Å². The standard InChI is InChI=1S/C23H34N4O4S/c1-29-11-9-27(10-12-30-2)16-4-6-17(7-5-16)31-22-21-20-15(13-19(24)28)3-8-18(20)32-23(21)26-14-25-22/h14-17H,3-13H2,1-2H3,(H2,24,28)/t15-,16-,17-/m1/s1. The molecule has 0 bridgehead atoms. The minimum Gasteiger partial charge on any atom is -0.474 e. The molecule has 0 unspecified atom stereocenters. The van der Waals surface area contributed by atoms with Crippen molar-refractivity contribution in [3.05, 3.63) is 16.8 Å². The number of aryl methyl sites for hydroxylation is 1. The van der Waals surface area contributed by atoms with Gasteiger partial charge >= 0.3 is 0 Å². The fourth-order valence-electron chi connectivity index (χ4n) is 5.16. The van der Waals surface area contributed by atoms with Gasteiger partial charge in [-0.05, 0) is 50.0 Å². The highest BCUT2D eigenvalue weighted by Gasteiger charge is 2.32. The number of thiophene rings is 1. The Kier molecular flexibility index (Phi) is 7.93. The maximum absolute atomic E-state index is 11.6. The van der Waals surface area contributed by atoms with Gasteiger partial charge in [0.1, 0.15) is 17.3 Å². The largest absolute Gasteiger partial charge is 0.474 e. The number of ether oxygens (including phenoxy) is 3. The maximum atomic E-state index is 11.6. The highest BCUT2D eigenvalue weighted by atomic mass is 32.1. The first kappa shape index (κ1) is 23.4. The zero-order valence-corrected chi connectivity index (χ0v) is 19.9. The molecule has 0 aliphatic heterocycles. The second kappa shape index (κ2) is 10.9. The van der Waals surface area contributed by atoms with Crippen LogP contribution in [-0.4, -0.2) is 73.4 Å². The quantitative estimate of drug-likeness (QED) is 0.548. The van der Waals surface area contributed by atoms with Gasteiger partial charge in [0.15, 0.2) is 0 Å². The number of methoxy groups -OCH3 is 2. The van der Waals surface area contributed by atoms with Crippen LogP contribution >= 0.6 is 11.3 Å². The summed E-state index contributed by atoms with van der Waals surface area (Å²) in [4.78, 5) is 25.3. The Balaban J connectivity index is 1.44. The minimum absolute atomic E-state index is 0.141. The summed E-state index contributed by atoms with van der Waals surface area (Å²) < 4.78 is 17.1. The van der Waals surface area contributed by atoms with Crippen LogP contribution in [0.1, 0.15) is 54.9 Å². The molecule has 0 aromatic carbocycles. The van der Waals surface area contributed by atoms with E-state index in [1.54, 1.807) is 31.9 Å². The topological polar surface area (TPSA) is 99.8 Å². The van der Waals surface area contributed by atoms with Crippen LogP contribution < -0.4 is 10.5 Å². The summed E-state index contributed by atoms with van der Waals surface area (Å²) in [7, 11) is 3.49. The third-order valence-electron chi connectivity index (χ3n) is 6.75. The first-order valence-corrected chi connectivity index (χ1v) is 12.4. The molecule has 2 N–H and O–H groups in total. The fraction of sp³-hybridized carbons (Fsp3) is 0.696. The summed E-state index contributed by atoms with van der Waals surface area (Å²) >= 11 is 1.70. The van der Waals surface area contributed by atoms with Crippen molar-refractivity contribution in [2.75, 3.05) is 40.5 Å². The first-order valence-electron chi connectivity index (χ1n) is 11.5. The Bertz CT molecular complexity index is 905. The second-order valence-electron chi connectivity index (χ2n) is 8.77. The number of fused-ring (bicyclic) bond motifs is 3. The molecule has 0 spiro atoms. The summed E-state index contributed by atoms with van der Waals surface area (Å²) in [6.45, 7) is 3.30. The molecule has 1 amide bonds. The van der Waals surface area contributed by atoms with Crippen molar-refractivity contribution in [2.24, 2.45) is 5.73 Å². The number of carbonyl (C=O) groups excluding carboxylic acids is 1. The van der Waals surface area contributed by atoms with E-state index in [2.05, 4.69) is 14.9 Å². The van der Waals surface area contributed by atoms with Crippen molar-refractivity contribution < 1.29 is 19.0 Å². The molecule has 1 fully saturated rings. The van der Waals surface area contributed by atoms with Gasteiger partial charge in [0.05, 0.1) is 18.6 Å². The van der Waals surface area contributed by atoms with Crippen molar-refractivity contribution in [2.45, 2.75) is 63.0 Å². The monoisotopic (exact) mass is 462 g/mol. The van der Waals surface area contributed by atoms with Crippen LogP contribution in [0.25, 0.3) is 10.2 Å². The van der Waals surface area contributed by atoms with Gasteiger partial charge in [0.2, 0.25) is 11.8 Å². The van der Waals surface area contributed by atoms with Crippen LogP contribution in [0.5, 0.6) is 5.88 Å². The fourth-order valence-corrected chi connectivity index (χ4v) is 6.39. The average Bonchev–Trinajstić information content (AvgIpc) is 3.34. The third-order valence-corrected chi connectivity index (χ3v) is 7.92. The van der Waals surface area contributed by atoms with Crippen molar-refractivity contribution in [1.82, 2.24) is 14.9 Å². The number of hydrogen-bond acceptors (Lipinski definition) is 8. The number of aromatic nitrogens is 2. The van der Waals surface area contributed by atoms with Gasteiger partial charge in [0, 0.05) is 44.6 Å². The van der Waals surface area contributed by atoms with Crippen molar-refractivity contribution >= 4 is 27.5 Å². The average molecular weight is 463 g/mol. The lowest BCUT2D eigenvalue weighted by Gasteiger charge is -2.36. The number of rotatable bonds is 11. The van der Waals surface area contributed by atoms with E-state index >= 15 is 0 Å². The lowest BCUT2D eigenvalue weighted by atomic mass is 9.91. The third kappa shape index (κ3) is 5.22. The van der Waals surface area contributed by atoms with Crippen LogP contribution in [0.15, 0.2) is 6.33 Å². The first-order chi connectivity index (χ1) is 15.6. The van der Waals surface area contributed by atoms with E-state index in [9.17, 15) is 4.79 Å². The molecular formula is C23H34N4O4S. The summed E-state index contributed by atoms with van der Waals surface area (Å²) in [6, 6.07) is 0.524. The molecule has 0 radical (unpaired) electrons. The highest BCUT2D eigenvalue weighted by molar-refractivity contribution is 7.19. The smallest absolute Gasteiger partial charge is 0.225 e. The van der Waals surface area contributed by atoms with E-state index in [0.29, 0.717) is 18.3 Å². The van der Waals surface area contributed by atoms with E-state index in [1.807, 2.05) is 0 Å². The molecule has 2 aromatic heterocycles. The maximum Gasteiger partial charge on any atom is 0.225 e. The molecule has 2 aliphatic carbocycles. The van der Waals surface area contributed by atoms with Gasteiger partial charge in [-0.15, -0.1) is 11.3 Å². The van der Waals surface area contributed by atoms with E-state index in [4.69, 9.17) is 19.9 Å². The van der Waals surface area contributed by atoms with Gasteiger partial charge in [-0.25, -0.2) is 9.97 Å². The summed E-state index contributed by atoms with van der Waals surface area (Å²) in [5, 5.41) is 1.00. The number of nitrogens with two attached hydrogens (primary N) is 1. The van der Waals surface area contributed by atoms with Gasteiger partial charge in [-0.2, -0.15) is 0 Å². The van der Waals surface area contributed by atoms with Gasteiger partial charge < -0.3 is 19.9 Å². The minimum atomic E-state index is -0.258. The lowest BCUT2D eigenvalue weighted by molar-refractivity contribution is -0.118. The Labute approximate surface area is 193 Å². The van der Waals surface area contributed by atoms with Crippen LogP contribution in [0.2, 0.25) is 0 Å². The molecule has 0 saturated heterocycles. The van der Waals surface area contributed by atoms with Crippen LogP contribution in [0, 0.1) is 0 Å². The Morgan fingerprint density at radius 2 is 1.84 bits per heavy atom. The van der Waals surface area contributed by atoms with Gasteiger partial charge in [0.25, 0.3) is 0 Å². The highest BCUT2D eigenvalue weighted by Crippen LogP contribution is 2.47. The van der Waals surface area contributed by atoms with E-state index < -0.39 is 0 Å². The number of amides is 1. The lowest BCUT2D eigenvalue weighted by Crippen LogP contribution is -2.43. The molecule has 1 saturated carbocycles. The molecule has 2 heterocycles. The Morgan fingerprint density at radius 1 is 1.12 bits per heavy atom. The molecule has 9 heteroatoms. The molecule has 1 atom stereocenters. The van der Waals surface area contributed by atoms with E-state index in [1.165, 1.54) is 10.4 Å². The SMILES string of the molecule is COCCN(CCOC)[C@H]1CC[C@H](Oc2ncnc3sc4c(c23)[C@@H](CC(N)=O)CC4)CC1. The number of primary amides is 1. The van der Waals surface area contributed by atoms with Gasteiger partial charge in [-0.1, -0.05) is 0 Å². The molecule has 4 rings (SSSR count). The predicted molar refractivity (Wildman–Crippen MR) is 124 cm³/mol. The molecule has 32 heavy (non-hydrogen) atoms. The molecule has 2 aromatic rings. The molecule has 176 valence electrons. The zero-order valence-electron chi connectivity index (χ0n) is 19.0. The number of hydrogen-bond donors (Lipinski definition) is 1. The van der Waals surface area contributed by atoms with Crippen molar-refractivity contribution in [3.63, 3.8) is 0 Å². The van der Waals surface area contributed by atoms with Gasteiger partial charge in [-0.3, -0.25) is 9.69 Å². The second-order valence-corrected chi connectivity index (χ2v) is 9.86. The Hall–Kier alpha value is -1.81. The molecular weight excluding hydrogens is 428 g/mol. The zero-order chi connectivity index (χ0) is 22.5. The number of carbonyl (C=O) groups is 1. The van der Waals surface area contributed by atoms with Crippen LogP contribution in [0.3, 0.4) is 0 Å². The summed E-state index contributed by atoms with van der Waals surface area (Å²) in [5.74, 6) is 0.560. The van der Waals surface area contributed by atoms with Crippen LogP contribution in [0.4, 0.5) is 0 Å². The van der Waals surface area contributed by atoms with E-state index in [0.717, 1.165) is 75.0 Å². The number of nitrogens with zero attached hydrogens (tertiary/aromatic N) is 3. The summed E-state index contributed by atoms with van der Waals surface area (Å²) in [5.41, 5.74) is 6.70. The van der Waals surface area contributed by atoms with Crippen molar-refractivity contribution in [1.29, 1.82) is 0 Å². The predicted octanol–water partition coefficient (Wildman–Crippen LogP) is 2.88. The van der Waals surface area contributed by atoms with Crippen LogP contribution in [-0.2, 0) is 20.7 Å². The molecule has 8 nitrogen and oxygen atoms in total. The Morgan fingerprint density at radius 3 is 2.50 bits per heavy atom.